The molecule has 1 heterocycles. The van der Waals surface area contributed by atoms with Gasteiger partial charge in [-0.1, -0.05) is 0 Å². The number of aliphatic hydroxyl groups is 2. The van der Waals surface area contributed by atoms with Gasteiger partial charge >= 0.3 is 0 Å². The van der Waals surface area contributed by atoms with Crippen molar-refractivity contribution in [2.75, 3.05) is 6.54 Å². The lowest BCUT2D eigenvalue weighted by atomic mass is 10.1. The molecule has 5 nitrogen and oxygen atoms in total. The Morgan fingerprint density at radius 1 is 1.62 bits per heavy atom. The highest BCUT2D eigenvalue weighted by atomic mass is 16.3. The highest BCUT2D eigenvalue weighted by Crippen LogP contribution is 2.19. The molecular weight excluding hydrogens is 170 g/mol. The van der Waals surface area contributed by atoms with Crippen molar-refractivity contribution in [1.29, 1.82) is 0 Å². The molecule has 0 saturated heterocycles. The highest BCUT2D eigenvalue weighted by molar-refractivity contribution is 5.19. The Morgan fingerprint density at radius 2 is 2.23 bits per heavy atom. The van der Waals surface area contributed by atoms with Crippen molar-refractivity contribution in [2.45, 2.75) is 19.1 Å². The second-order valence-electron chi connectivity index (χ2n) is 3.06. The van der Waals surface area contributed by atoms with Gasteiger partial charge in [-0.15, -0.1) is 0 Å². The summed E-state index contributed by atoms with van der Waals surface area (Å²) in [5.41, 5.74) is 6.69. The molecule has 0 spiro atoms. The van der Waals surface area contributed by atoms with E-state index in [1.165, 1.54) is 0 Å². The van der Waals surface area contributed by atoms with Crippen LogP contribution in [-0.2, 0) is 7.05 Å². The molecule has 0 saturated carbocycles. The summed E-state index contributed by atoms with van der Waals surface area (Å²) < 4.78 is 1.64. The summed E-state index contributed by atoms with van der Waals surface area (Å²) in [4.78, 5) is 0. The average molecular weight is 185 g/mol. The number of nitrogens with two attached hydrogens (primary N) is 1. The van der Waals surface area contributed by atoms with Crippen LogP contribution in [0.15, 0.2) is 6.20 Å². The third kappa shape index (κ3) is 1.88. The Bertz CT molecular complexity index is 285. The predicted molar refractivity (Wildman–Crippen MR) is 48.0 cm³/mol. The molecule has 4 N–H and O–H groups in total. The average Bonchev–Trinajstić information content (AvgIpc) is 2.45. The van der Waals surface area contributed by atoms with Crippen LogP contribution in [0.1, 0.15) is 17.4 Å². The molecular formula is C8H15N3O2. The largest absolute Gasteiger partial charge is 0.389 e. The van der Waals surface area contributed by atoms with Crippen LogP contribution in [0.3, 0.4) is 0 Å². The van der Waals surface area contributed by atoms with E-state index in [1.54, 1.807) is 17.9 Å². The number of rotatable bonds is 3. The molecule has 2 unspecified atom stereocenters. The third-order valence-electron chi connectivity index (χ3n) is 2.20. The van der Waals surface area contributed by atoms with Crippen molar-refractivity contribution in [3.63, 3.8) is 0 Å². The zero-order valence-corrected chi connectivity index (χ0v) is 7.81. The Hall–Kier alpha value is -0.910. The topological polar surface area (TPSA) is 84.3 Å². The lowest BCUT2D eigenvalue weighted by molar-refractivity contribution is 0.0239. The molecule has 0 amide bonds. The first-order chi connectivity index (χ1) is 6.07. The quantitative estimate of drug-likeness (QED) is 0.568. The second-order valence-corrected chi connectivity index (χ2v) is 3.06. The molecule has 1 aromatic rings. The molecule has 74 valence electrons. The van der Waals surface area contributed by atoms with Crippen LogP contribution < -0.4 is 5.73 Å². The first-order valence-electron chi connectivity index (χ1n) is 4.12. The summed E-state index contributed by atoms with van der Waals surface area (Å²) in [6.45, 7) is 1.87. The molecule has 1 aromatic heterocycles. The van der Waals surface area contributed by atoms with Crippen molar-refractivity contribution in [3.05, 3.63) is 17.5 Å². The monoisotopic (exact) mass is 185 g/mol. The van der Waals surface area contributed by atoms with Crippen LogP contribution in [0.2, 0.25) is 0 Å². The van der Waals surface area contributed by atoms with Gasteiger partial charge in [0.15, 0.2) is 0 Å². The summed E-state index contributed by atoms with van der Waals surface area (Å²) in [6.07, 6.45) is -0.333. The lowest BCUT2D eigenvalue weighted by Crippen LogP contribution is -2.27. The lowest BCUT2D eigenvalue weighted by Gasteiger charge is -2.15. The van der Waals surface area contributed by atoms with E-state index in [1.807, 2.05) is 6.92 Å². The van der Waals surface area contributed by atoms with Crippen molar-refractivity contribution < 1.29 is 10.2 Å². The minimum absolute atomic E-state index is 0.0372. The van der Waals surface area contributed by atoms with Crippen LogP contribution in [0, 0.1) is 6.92 Å². The van der Waals surface area contributed by atoms with E-state index in [0.717, 1.165) is 5.69 Å². The van der Waals surface area contributed by atoms with Gasteiger partial charge in [0.05, 0.1) is 12.3 Å². The van der Waals surface area contributed by atoms with Gasteiger partial charge in [0.25, 0.3) is 0 Å². The molecule has 2 atom stereocenters. The number of nitrogens with zero attached hydrogens (tertiary/aromatic N) is 2. The van der Waals surface area contributed by atoms with E-state index in [0.29, 0.717) is 5.56 Å². The molecule has 0 aromatic carbocycles. The second kappa shape index (κ2) is 3.87. The zero-order valence-electron chi connectivity index (χ0n) is 7.81. The maximum Gasteiger partial charge on any atom is 0.109 e. The van der Waals surface area contributed by atoms with E-state index in [2.05, 4.69) is 5.10 Å². The maximum absolute atomic E-state index is 9.60. The summed E-state index contributed by atoms with van der Waals surface area (Å²) in [6, 6.07) is 0. The standard InChI is InChI=1S/C8H15N3O2/c1-5-6(4-10-11(5)2)8(13)7(12)3-9/h4,7-8,12-13H,3,9H2,1-2H3. The van der Waals surface area contributed by atoms with Gasteiger partial charge in [-0.3, -0.25) is 4.68 Å². The van der Waals surface area contributed by atoms with Crippen LogP contribution in [-0.4, -0.2) is 32.6 Å². The van der Waals surface area contributed by atoms with Gasteiger partial charge in [0.1, 0.15) is 6.10 Å². The molecule has 1 rings (SSSR count). The predicted octanol–water partition coefficient (Wildman–Crippen LogP) is -0.918. The fraction of sp³-hybridized carbons (Fsp3) is 0.625. The first kappa shape index (κ1) is 10.2. The molecule has 13 heavy (non-hydrogen) atoms. The van der Waals surface area contributed by atoms with Gasteiger partial charge in [-0.25, -0.2) is 0 Å². The fourth-order valence-corrected chi connectivity index (χ4v) is 1.14. The molecule has 0 radical (unpaired) electrons. The summed E-state index contributed by atoms with van der Waals surface area (Å²) in [5, 5.41) is 22.9. The summed E-state index contributed by atoms with van der Waals surface area (Å²) in [7, 11) is 1.78. The van der Waals surface area contributed by atoms with E-state index < -0.39 is 12.2 Å². The SMILES string of the molecule is Cc1c(C(O)C(O)CN)cnn1C. The Balaban J connectivity index is 2.88. The van der Waals surface area contributed by atoms with Crippen molar-refractivity contribution in [1.82, 2.24) is 9.78 Å². The molecule has 0 fully saturated rings. The van der Waals surface area contributed by atoms with Gasteiger partial charge in [0.2, 0.25) is 0 Å². The minimum Gasteiger partial charge on any atom is -0.389 e. The van der Waals surface area contributed by atoms with Crippen molar-refractivity contribution in [3.8, 4) is 0 Å². The van der Waals surface area contributed by atoms with Gasteiger partial charge in [0, 0.05) is 24.8 Å². The Morgan fingerprint density at radius 3 is 2.62 bits per heavy atom. The van der Waals surface area contributed by atoms with Crippen LogP contribution in [0.5, 0.6) is 0 Å². The van der Waals surface area contributed by atoms with Gasteiger partial charge in [-0.2, -0.15) is 5.10 Å². The van der Waals surface area contributed by atoms with Crippen LogP contribution in [0.25, 0.3) is 0 Å². The first-order valence-corrected chi connectivity index (χ1v) is 4.12. The number of hydrogen-bond donors (Lipinski definition) is 3. The van der Waals surface area contributed by atoms with E-state index >= 15 is 0 Å². The molecule has 0 aliphatic heterocycles. The Labute approximate surface area is 76.8 Å². The fourth-order valence-electron chi connectivity index (χ4n) is 1.14. The third-order valence-corrected chi connectivity index (χ3v) is 2.20. The zero-order chi connectivity index (χ0) is 10.0. The number of hydrogen-bond acceptors (Lipinski definition) is 4. The number of aromatic nitrogens is 2. The number of aliphatic hydroxyl groups excluding tert-OH is 2. The van der Waals surface area contributed by atoms with Gasteiger partial charge in [-0.05, 0) is 6.92 Å². The van der Waals surface area contributed by atoms with Crippen LogP contribution >= 0.6 is 0 Å². The van der Waals surface area contributed by atoms with E-state index in [9.17, 15) is 10.2 Å². The Kier molecular flexibility index (Phi) is 3.02. The van der Waals surface area contributed by atoms with Crippen molar-refractivity contribution in [2.24, 2.45) is 12.8 Å². The van der Waals surface area contributed by atoms with E-state index in [4.69, 9.17) is 5.73 Å². The highest BCUT2D eigenvalue weighted by Gasteiger charge is 2.20. The van der Waals surface area contributed by atoms with Crippen molar-refractivity contribution >= 4 is 0 Å². The number of aryl methyl sites for hydroxylation is 1. The smallest absolute Gasteiger partial charge is 0.109 e. The minimum atomic E-state index is -0.946. The molecule has 0 bridgehead atoms. The summed E-state index contributed by atoms with van der Waals surface area (Å²) >= 11 is 0. The molecule has 5 heteroatoms. The molecule has 0 aliphatic carbocycles. The van der Waals surface area contributed by atoms with E-state index in [-0.39, 0.29) is 6.54 Å². The van der Waals surface area contributed by atoms with Gasteiger partial charge < -0.3 is 15.9 Å². The normalized spacial score (nSPS) is 15.8. The maximum atomic E-state index is 9.60. The summed E-state index contributed by atoms with van der Waals surface area (Å²) in [5.74, 6) is 0. The molecule has 0 aliphatic rings. The van der Waals surface area contributed by atoms with Crippen LogP contribution in [0.4, 0.5) is 0 Å².